The number of nitrogens with one attached hydrogen (secondary N) is 2. The lowest BCUT2D eigenvalue weighted by Crippen LogP contribution is -2.54. The van der Waals surface area contributed by atoms with Crippen LogP contribution in [-0.2, 0) is 14.4 Å². The third kappa shape index (κ3) is 9.36. The van der Waals surface area contributed by atoms with Crippen molar-refractivity contribution >= 4 is 75.0 Å². The van der Waals surface area contributed by atoms with Crippen molar-refractivity contribution in [3.63, 3.8) is 0 Å². The molecule has 5 aliphatic rings. The van der Waals surface area contributed by atoms with Crippen molar-refractivity contribution in [2.45, 2.75) is 76.4 Å². The highest BCUT2D eigenvalue weighted by molar-refractivity contribution is 6.32. The van der Waals surface area contributed by atoms with Crippen molar-refractivity contribution < 1.29 is 37.9 Å². The van der Waals surface area contributed by atoms with Gasteiger partial charge in [-0.25, -0.2) is 4.39 Å². The first-order valence-corrected chi connectivity index (χ1v) is 24.3. The van der Waals surface area contributed by atoms with Gasteiger partial charge in [0, 0.05) is 105 Å². The van der Waals surface area contributed by atoms with Crippen molar-refractivity contribution in [1.29, 1.82) is 0 Å². The number of ether oxygens (including phenoxy) is 1. The zero-order valence-corrected chi connectivity index (χ0v) is 39.1. The van der Waals surface area contributed by atoms with E-state index in [-0.39, 0.29) is 65.5 Å². The molecular weight excluding hydrogens is 901 g/mol. The lowest BCUT2D eigenvalue weighted by molar-refractivity contribution is -0.136. The number of pyridine rings is 1. The molecule has 4 fully saturated rings. The normalized spacial score (nSPS) is 21.6. The average molecular weight is 954 g/mol. The van der Waals surface area contributed by atoms with Crippen LogP contribution in [0.1, 0.15) is 101 Å². The van der Waals surface area contributed by atoms with Crippen LogP contribution in [0.5, 0.6) is 5.75 Å². The summed E-state index contributed by atoms with van der Waals surface area (Å²) in [5, 5.41) is 6.63. The summed E-state index contributed by atoms with van der Waals surface area (Å²) in [6.07, 6.45) is 6.63. The van der Waals surface area contributed by atoms with Crippen LogP contribution in [0.4, 0.5) is 21.5 Å². The summed E-state index contributed by atoms with van der Waals surface area (Å²) in [5.41, 5.74) is 5.35. The lowest BCUT2D eigenvalue weighted by Gasteiger charge is -2.37. The van der Waals surface area contributed by atoms with Crippen LogP contribution < -0.4 is 25.2 Å². The van der Waals surface area contributed by atoms with Crippen LogP contribution in [0.3, 0.4) is 0 Å². The maximum absolute atomic E-state index is 14.1. The second-order valence-electron chi connectivity index (χ2n) is 18.9. The molecule has 1 aliphatic carbocycles. The molecular formula is C53H53ClFN7O7. The molecule has 356 valence electrons. The van der Waals surface area contributed by atoms with Crippen molar-refractivity contribution in [2.75, 3.05) is 54.4 Å². The number of hydrogen-bond donors (Lipinski definition) is 2. The van der Waals surface area contributed by atoms with Gasteiger partial charge < -0.3 is 24.8 Å². The molecule has 0 spiro atoms. The van der Waals surface area contributed by atoms with Crippen molar-refractivity contribution in [3.8, 4) is 5.75 Å². The molecule has 0 bridgehead atoms. The van der Waals surface area contributed by atoms with Gasteiger partial charge in [0.05, 0.1) is 21.7 Å². The molecule has 2 atom stereocenters. The highest BCUT2D eigenvalue weighted by atomic mass is 35.5. The van der Waals surface area contributed by atoms with Crippen LogP contribution >= 0.6 is 11.6 Å². The highest BCUT2D eigenvalue weighted by Crippen LogP contribution is 2.41. The Balaban J connectivity index is 0.691. The van der Waals surface area contributed by atoms with Crippen LogP contribution in [0.15, 0.2) is 91.1 Å². The first-order chi connectivity index (χ1) is 33.4. The molecule has 0 radical (unpaired) electrons. The van der Waals surface area contributed by atoms with Crippen LogP contribution in [0.2, 0.25) is 5.02 Å². The number of carbonyl (C=O) groups excluding carboxylic acids is 6. The summed E-state index contributed by atoms with van der Waals surface area (Å²) >= 11 is 6.61. The van der Waals surface area contributed by atoms with Gasteiger partial charge in [-0.1, -0.05) is 24.6 Å². The number of likely N-dealkylation sites (tertiary alicyclic amines) is 1. The molecule has 14 nitrogen and oxygen atoms in total. The summed E-state index contributed by atoms with van der Waals surface area (Å²) in [4.78, 5) is 89.8. The van der Waals surface area contributed by atoms with E-state index in [1.165, 1.54) is 6.07 Å². The van der Waals surface area contributed by atoms with Gasteiger partial charge in [0.1, 0.15) is 23.7 Å². The molecule has 1 saturated carbocycles. The van der Waals surface area contributed by atoms with Crippen LogP contribution in [0, 0.1) is 17.7 Å². The first kappa shape index (κ1) is 45.9. The SMILES string of the molecule is C[C@@H](C(=O)Nc1ccc(Cl)c(OC2CCN(C(=O)c3cccc(N4CCN(c5ccc6c(c5)C(=O)N(C5CCC(=O)NC5=O)C6=O)CC4)c3)CC2)c1)[C@H]1CC[C@@H](c2ccnc3ccc(F)cc32)CC1. The Morgan fingerprint density at radius 2 is 1.51 bits per heavy atom. The van der Waals surface area contributed by atoms with Crippen molar-refractivity contribution in [2.24, 2.45) is 11.8 Å². The van der Waals surface area contributed by atoms with E-state index in [1.54, 1.807) is 48.7 Å². The molecule has 1 unspecified atom stereocenters. The number of benzene rings is 4. The topological polar surface area (TPSA) is 162 Å². The van der Waals surface area contributed by atoms with Crippen molar-refractivity contribution in [3.05, 3.63) is 124 Å². The number of piperazine rings is 1. The van der Waals surface area contributed by atoms with Crippen molar-refractivity contribution in [1.82, 2.24) is 20.1 Å². The second-order valence-corrected chi connectivity index (χ2v) is 19.3. The van der Waals surface area contributed by atoms with E-state index in [4.69, 9.17) is 16.3 Å². The molecule has 5 aromatic rings. The predicted molar refractivity (Wildman–Crippen MR) is 259 cm³/mol. The minimum Gasteiger partial charge on any atom is -0.489 e. The number of piperidine rings is 2. The minimum atomic E-state index is -1.02. The number of anilines is 3. The molecule has 3 saturated heterocycles. The Kier molecular flexibility index (Phi) is 12.8. The van der Waals surface area contributed by atoms with Gasteiger partial charge in [0.2, 0.25) is 17.7 Å². The Labute approximate surface area is 404 Å². The van der Waals surface area contributed by atoms with E-state index in [0.717, 1.165) is 58.4 Å². The van der Waals surface area contributed by atoms with Gasteiger partial charge in [-0.2, -0.15) is 0 Å². The predicted octanol–water partition coefficient (Wildman–Crippen LogP) is 7.99. The third-order valence-corrected chi connectivity index (χ3v) is 15.1. The fraction of sp³-hybridized carbons (Fsp3) is 0.377. The summed E-state index contributed by atoms with van der Waals surface area (Å²) < 4.78 is 20.5. The van der Waals surface area contributed by atoms with Gasteiger partial charge in [-0.05, 0) is 122 Å². The number of aromatic nitrogens is 1. The van der Waals surface area contributed by atoms with E-state index in [0.29, 0.717) is 74.1 Å². The van der Waals surface area contributed by atoms with Gasteiger partial charge in [-0.15, -0.1) is 0 Å². The number of amides is 6. The summed E-state index contributed by atoms with van der Waals surface area (Å²) in [7, 11) is 0. The maximum atomic E-state index is 14.1. The Morgan fingerprint density at radius 3 is 2.25 bits per heavy atom. The fourth-order valence-corrected chi connectivity index (χ4v) is 11.0. The highest BCUT2D eigenvalue weighted by Gasteiger charge is 2.45. The largest absolute Gasteiger partial charge is 0.489 e. The Hall–Kier alpha value is -6.87. The smallest absolute Gasteiger partial charge is 0.262 e. The Morgan fingerprint density at radius 1 is 0.783 bits per heavy atom. The average Bonchev–Trinajstić information content (AvgIpc) is 3.62. The molecule has 16 heteroatoms. The molecule has 2 N–H and O–H groups in total. The summed E-state index contributed by atoms with van der Waals surface area (Å²) in [6, 6.07) is 23.8. The molecule has 1 aromatic heterocycles. The third-order valence-electron chi connectivity index (χ3n) is 14.8. The summed E-state index contributed by atoms with van der Waals surface area (Å²) in [5.74, 6) is -1.71. The molecule has 6 amide bonds. The van der Waals surface area contributed by atoms with E-state index in [2.05, 4.69) is 25.4 Å². The maximum Gasteiger partial charge on any atom is 0.262 e. The van der Waals surface area contributed by atoms with Gasteiger partial charge in [0.25, 0.3) is 17.7 Å². The number of imide groups is 2. The number of carbonyl (C=O) groups is 6. The first-order valence-electron chi connectivity index (χ1n) is 23.9. The number of fused-ring (bicyclic) bond motifs is 2. The lowest BCUT2D eigenvalue weighted by atomic mass is 9.73. The molecule has 4 aromatic carbocycles. The number of rotatable bonds is 10. The number of halogens is 2. The fourth-order valence-electron chi connectivity index (χ4n) is 10.8. The van der Waals surface area contributed by atoms with E-state index in [9.17, 15) is 33.2 Å². The molecule has 5 heterocycles. The molecule has 4 aliphatic heterocycles. The van der Waals surface area contributed by atoms with E-state index < -0.39 is 29.7 Å². The second kappa shape index (κ2) is 19.3. The van der Waals surface area contributed by atoms with Crippen LogP contribution in [-0.4, -0.2) is 102 Å². The zero-order valence-electron chi connectivity index (χ0n) is 38.3. The van der Waals surface area contributed by atoms with Gasteiger partial charge in [0.15, 0.2) is 0 Å². The number of nitrogens with zero attached hydrogens (tertiary/aromatic N) is 5. The van der Waals surface area contributed by atoms with E-state index in [1.807, 2.05) is 48.2 Å². The van der Waals surface area contributed by atoms with Crippen LogP contribution in [0.25, 0.3) is 10.9 Å². The van der Waals surface area contributed by atoms with Gasteiger partial charge >= 0.3 is 0 Å². The van der Waals surface area contributed by atoms with E-state index >= 15 is 0 Å². The summed E-state index contributed by atoms with van der Waals surface area (Å²) in [6.45, 7) is 5.60. The molecule has 69 heavy (non-hydrogen) atoms. The number of hydrogen-bond acceptors (Lipinski definition) is 10. The quantitative estimate of drug-likeness (QED) is 0.131. The minimum absolute atomic E-state index is 0.0516. The molecule has 10 rings (SSSR count). The monoisotopic (exact) mass is 953 g/mol. The van der Waals surface area contributed by atoms with Gasteiger partial charge in [-0.3, -0.25) is 44.0 Å². The zero-order chi connectivity index (χ0) is 47.9. The standard InChI is InChI=1S/C53H53ClFN7O7/c1-31(32-5-7-33(8-6-32)40-17-20-56-45-14-9-35(55)28-42(40)45)49(64)57-36-10-13-44(54)47(29-36)69-39-18-21-61(22-19-39)51(66)34-3-2-4-37(27-34)59-23-25-60(26-24-59)38-11-12-41-43(30-38)53(68)62(52(41)67)46-15-16-48(63)58-50(46)65/h2-4,9-14,17,20,27-33,39,46H,5-8,15-16,18-19,21-26H2,1H3,(H,57,64)(H,58,63,65)/t31-,32-,33+,46?/m1/s1. The Bertz CT molecular complexity index is 2870.